The Balaban J connectivity index is 1.91. The average molecular weight is 241 g/mol. The number of thioether (sulfide) groups is 1. The number of aryl methyl sites for hydroxylation is 1. The molecule has 1 aromatic rings. The van der Waals surface area contributed by atoms with Crippen LogP contribution in [0.1, 0.15) is 22.5 Å². The van der Waals surface area contributed by atoms with E-state index in [1.165, 1.54) is 6.26 Å². The first-order valence-electron chi connectivity index (χ1n) is 5.23. The van der Waals surface area contributed by atoms with E-state index in [1.54, 1.807) is 24.8 Å². The van der Waals surface area contributed by atoms with Gasteiger partial charge in [0.25, 0.3) is 5.91 Å². The molecule has 0 saturated carbocycles. The molecule has 1 aromatic heterocycles. The van der Waals surface area contributed by atoms with Crippen molar-refractivity contribution in [2.75, 3.05) is 18.1 Å². The smallest absolute Gasteiger partial charge is 0.254 e. The van der Waals surface area contributed by atoms with Crippen LogP contribution in [0, 0.1) is 6.92 Å². The van der Waals surface area contributed by atoms with Gasteiger partial charge in [-0.25, -0.2) is 0 Å². The molecule has 1 atom stereocenters. The van der Waals surface area contributed by atoms with Crippen molar-refractivity contribution in [3.05, 3.63) is 23.7 Å². The molecule has 1 saturated heterocycles. The van der Waals surface area contributed by atoms with E-state index in [0.29, 0.717) is 23.6 Å². The number of aliphatic hydroxyl groups is 1. The second-order valence-corrected chi connectivity index (χ2v) is 5.21. The van der Waals surface area contributed by atoms with Gasteiger partial charge in [0.15, 0.2) is 0 Å². The van der Waals surface area contributed by atoms with E-state index < -0.39 is 5.60 Å². The predicted octanol–water partition coefficient (Wildman–Crippen LogP) is 1.19. The largest absolute Gasteiger partial charge is 0.469 e. The third-order valence-corrected chi connectivity index (χ3v) is 4.00. The lowest BCUT2D eigenvalue weighted by Gasteiger charge is -2.21. The molecular formula is C11H15NO3S. The summed E-state index contributed by atoms with van der Waals surface area (Å²) in [6.45, 7) is 2.05. The maximum Gasteiger partial charge on any atom is 0.254 e. The van der Waals surface area contributed by atoms with Crippen molar-refractivity contribution in [3.8, 4) is 0 Å². The third-order valence-electron chi connectivity index (χ3n) is 2.76. The summed E-state index contributed by atoms with van der Waals surface area (Å²) >= 11 is 1.71. The molecule has 1 aliphatic heterocycles. The van der Waals surface area contributed by atoms with Crippen LogP contribution in [-0.4, -0.2) is 34.7 Å². The van der Waals surface area contributed by atoms with Crippen molar-refractivity contribution in [1.82, 2.24) is 5.32 Å². The van der Waals surface area contributed by atoms with Gasteiger partial charge >= 0.3 is 0 Å². The summed E-state index contributed by atoms with van der Waals surface area (Å²) in [5.41, 5.74) is -0.202. The zero-order valence-corrected chi connectivity index (χ0v) is 9.97. The summed E-state index contributed by atoms with van der Waals surface area (Å²) < 4.78 is 5.06. The van der Waals surface area contributed by atoms with E-state index in [1.807, 2.05) is 0 Å². The van der Waals surface area contributed by atoms with Gasteiger partial charge in [-0.1, -0.05) is 0 Å². The number of rotatable bonds is 3. The van der Waals surface area contributed by atoms with Gasteiger partial charge in [0.05, 0.1) is 17.4 Å². The van der Waals surface area contributed by atoms with Gasteiger partial charge in [-0.15, -0.1) is 0 Å². The summed E-state index contributed by atoms with van der Waals surface area (Å²) in [6.07, 6.45) is 2.23. The van der Waals surface area contributed by atoms with Crippen LogP contribution >= 0.6 is 11.8 Å². The van der Waals surface area contributed by atoms with Crippen LogP contribution < -0.4 is 5.32 Å². The molecule has 16 heavy (non-hydrogen) atoms. The van der Waals surface area contributed by atoms with Crippen LogP contribution in [0.5, 0.6) is 0 Å². The maximum atomic E-state index is 11.7. The van der Waals surface area contributed by atoms with E-state index in [0.717, 1.165) is 12.2 Å². The highest BCUT2D eigenvalue weighted by molar-refractivity contribution is 7.99. The Bertz CT molecular complexity index is 382. The number of nitrogens with one attached hydrogen (secondary N) is 1. The molecule has 2 heterocycles. The van der Waals surface area contributed by atoms with E-state index in [2.05, 4.69) is 5.32 Å². The first-order chi connectivity index (χ1) is 7.61. The molecule has 1 unspecified atom stereocenters. The molecule has 1 amide bonds. The van der Waals surface area contributed by atoms with Gasteiger partial charge < -0.3 is 14.8 Å². The van der Waals surface area contributed by atoms with Crippen LogP contribution in [0.3, 0.4) is 0 Å². The number of hydrogen-bond acceptors (Lipinski definition) is 4. The molecule has 5 heteroatoms. The van der Waals surface area contributed by atoms with Crippen LogP contribution in [0.15, 0.2) is 16.7 Å². The highest BCUT2D eigenvalue weighted by Crippen LogP contribution is 2.27. The van der Waals surface area contributed by atoms with E-state index in [-0.39, 0.29) is 5.91 Å². The second-order valence-electron chi connectivity index (χ2n) is 4.10. The molecule has 2 N–H and O–H groups in total. The fraction of sp³-hybridized carbons (Fsp3) is 0.545. The molecule has 0 aromatic carbocycles. The van der Waals surface area contributed by atoms with Gasteiger partial charge in [-0.05, 0) is 25.2 Å². The lowest BCUT2D eigenvalue weighted by molar-refractivity contribution is 0.0612. The molecule has 2 rings (SSSR count). The maximum absolute atomic E-state index is 11.7. The molecule has 1 aliphatic rings. The molecule has 0 bridgehead atoms. The van der Waals surface area contributed by atoms with E-state index in [4.69, 9.17) is 4.42 Å². The molecule has 88 valence electrons. The van der Waals surface area contributed by atoms with Crippen molar-refractivity contribution in [1.29, 1.82) is 0 Å². The standard InChI is InChI=1S/C11H15NO3S/c1-8-9(2-4-15-8)10(13)12-6-11(14)3-5-16-7-11/h2,4,14H,3,5-7H2,1H3,(H,12,13). The zero-order valence-electron chi connectivity index (χ0n) is 9.16. The van der Waals surface area contributed by atoms with Crippen LogP contribution in [0.2, 0.25) is 0 Å². The Labute approximate surface area is 98.4 Å². The predicted molar refractivity (Wildman–Crippen MR) is 62.7 cm³/mol. The molecule has 4 nitrogen and oxygen atoms in total. The van der Waals surface area contributed by atoms with Gasteiger partial charge in [0.1, 0.15) is 5.76 Å². The van der Waals surface area contributed by atoms with Gasteiger partial charge in [0.2, 0.25) is 0 Å². The summed E-state index contributed by atoms with van der Waals surface area (Å²) in [5.74, 6) is 2.07. The van der Waals surface area contributed by atoms with Gasteiger partial charge in [-0.3, -0.25) is 4.79 Å². The normalized spacial score (nSPS) is 24.6. The van der Waals surface area contributed by atoms with Crippen LogP contribution in [-0.2, 0) is 0 Å². The Kier molecular flexibility index (Phi) is 3.25. The number of amides is 1. The van der Waals surface area contributed by atoms with Crippen molar-refractivity contribution in [3.63, 3.8) is 0 Å². The van der Waals surface area contributed by atoms with Crippen molar-refractivity contribution in [2.24, 2.45) is 0 Å². The lowest BCUT2D eigenvalue weighted by atomic mass is 10.0. The minimum absolute atomic E-state index is 0.184. The monoisotopic (exact) mass is 241 g/mol. The minimum atomic E-state index is -0.738. The number of hydrogen-bond donors (Lipinski definition) is 2. The highest BCUT2D eigenvalue weighted by atomic mass is 32.2. The van der Waals surface area contributed by atoms with Crippen molar-refractivity contribution in [2.45, 2.75) is 18.9 Å². The van der Waals surface area contributed by atoms with Crippen LogP contribution in [0.4, 0.5) is 0 Å². The summed E-state index contributed by atoms with van der Waals surface area (Å²) in [6, 6.07) is 1.64. The van der Waals surface area contributed by atoms with E-state index >= 15 is 0 Å². The summed E-state index contributed by atoms with van der Waals surface area (Å²) in [7, 11) is 0. The number of furan rings is 1. The minimum Gasteiger partial charge on any atom is -0.469 e. The number of carbonyl (C=O) groups is 1. The zero-order chi connectivity index (χ0) is 11.6. The van der Waals surface area contributed by atoms with E-state index in [9.17, 15) is 9.90 Å². The Morgan fingerprint density at radius 1 is 1.75 bits per heavy atom. The fourth-order valence-electron chi connectivity index (χ4n) is 1.70. The average Bonchev–Trinajstić information content (AvgIpc) is 2.85. The molecule has 1 fully saturated rings. The van der Waals surface area contributed by atoms with Crippen LogP contribution in [0.25, 0.3) is 0 Å². The summed E-state index contributed by atoms with van der Waals surface area (Å²) in [4.78, 5) is 11.7. The number of carbonyl (C=O) groups excluding carboxylic acids is 1. The first kappa shape index (κ1) is 11.5. The first-order valence-corrected chi connectivity index (χ1v) is 6.39. The SMILES string of the molecule is Cc1occc1C(=O)NCC1(O)CCSC1. The lowest BCUT2D eigenvalue weighted by Crippen LogP contribution is -2.43. The van der Waals surface area contributed by atoms with Gasteiger partial charge in [0, 0.05) is 12.3 Å². The molecular weight excluding hydrogens is 226 g/mol. The molecule has 0 aliphatic carbocycles. The Morgan fingerprint density at radius 2 is 2.56 bits per heavy atom. The quantitative estimate of drug-likeness (QED) is 0.834. The second kappa shape index (κ2) is 4.51. The highest BCUT2D eigenvalue weighted by Gasteiger charge is 2.32. The summed E-state index contributed by atoms with van der Waals surface area (Å²) in [5, 5.41) is 12.8. The third kappa shape index (κ3) is 2.41. The Morgan fingerprint density at radius 3 is 3.12 bits per heavy atom. The fourth-order valence-corrected chi connectivity index (χ4v) is 2.99. The Hall–Kier alpha value is -0.940. The molecule has 0 radical (unpaired) electrons. The topological polar surface area (TPSA) is 62.5 Å². The van der Waals surface area contributed by atoms with Crippen molar-refractivity contribution >= 4 is 17.7 Å². The molecule has 0 spiro atoms. The van der Waals surface area contributed by atoms with Gasteiger partial charge in [-0.2, -0.15) is 11.8 Å². The van der Waals surface area contributed by atoms with Crippen molar-refractivity contribution < 1.29 is 14.3 Å².